The third-order valence-corrected chi connectivity index (χ3v) is 9.33. The highest BCUT2D eigenvalue weighted by atomic mass is 35.5. The van der Waals surface area contributed by atoms with Gasteiger partial charge in [-0.15, -0.1) is 10.2 Å². The minimum absolute atomic E-state index is 0.218. The first-order valence-electron chi connectivity index (χ1n) is 14.9. The smallest absolute Gasteiger partial charge is 0.297 e. The number of H-pyrrole nitrogens is 1. The second kappa shape index (κ2) is 11.3. The lowest BCUT2D eigenvalue weighted by Gasteiger charge is -2.33. The highest BCUT2D eigenvalue weighted by molar-refractivity contribution is 6.30. The molecule has 2 fully saturated rings. The third-order valence-electron chi connectivity index (χ3n) is 9.10. The van der Waals surface area contributed by atoms with Crippen molar-refractivity contribution in [1.29, 1.82) is 5.26 Å². The lowest BCUT2D eigenvalue weighted by molar-refractivity contribution is -0.0712. The van der Waals surface area contributed by atoms with Crippen LogP contribution >= 0.6 is 11.6 Å². The van der Waals surface area contributed by atoms with Gasteiger partial charge in [0.25, 0.3) is 12.2 Å². The summed E-state index contributed by atoms with van der Waals surface area (Å²) in [4.78, 5) is 9.64. The molecule has 1 N–H and O–H groups in total. The zero-order valence-corrected chi connectivity index (χ0v) is 25.3. The maximum atomic E-state index is 14.8. The van der Waals surface area contributed by atoms with Gasteiger partial charge < -0.3 is 14.5 Å². The number of piperidine rings is 1. The molecule has 1 saturated carbocycles. The monoisotopic (exact) mass is 634 g/mol. The standard InChI is InChI=1S/C33H30ClF3N6O2/c1-32(24-6-5-22(34)14-25(24)35)44-27-4-2-3-23(28(27)45-32)19-7-11-43(12-8-19)17-26-20(15-33(18-38)9-10-33)13-21(16-39-26)30-40-31(29(36)37)42-41-30/h2-6,13-14,16,19,29H,7-12,15,17H2,1H3,(H,40,41,42)/t32-/m0/s1. The van der Waals surface area contributed by atoms with E-state index in [1.54, 1.807) is 25.3 Å². The number of alkyl halides is 2. The zero-order chi connectivity index (χ0) is 31.3. The van der Waals surface area contributed by atoms with Crippen molar-refractivity contribution in [2.45, 2.75) is 63.7 Å². The summed E-state index contributed by atoms with van der Waals surface area (Å²) < 4.78 is 53.5. The summed E-state index contributed by atoms with van der Waals surface area (Å²) in [5.74, 6) is -0.621. The van der Waals surface area contributed by atoms with E-state index < -0.39 is 29.3 Å². The number of fused-ring (bicyclic) bond motifs is 1. The van der Waals surface area contributed by atoms with Crippen molar-refractivity contribution in [3.63, 3.8) is 0 Å². The Morgan fingerprint density at radius 3 is 2.62 bits per heavy atom. The highest BCUT2D eigenvalue weighted by Gasteiger charge is 2.44. The van der Waals surface area contributed by atoms with E-state index in [-0.39, 0.29) is 17.3 Å². The van der Waals surface area contributed by atoms with Crippen LogP contribution in [-0.4, -0.2) is 38.2 Å². The van der Waals surface area contributed by atoms with Crippen molar-refractivity contribution in [3.05, 3.63) is 87.7 Å². The topological polar surface area (TPSA) is 100.0 Å². The van der Waals surface area contributed by atoms with Crippen LogP contribution in [0.1, 0.15) is 73.2 Å². The van der Waals surface area contributed by atoms with Crippen molar-refractivity contribution in [1.82, 2.24) is 25.1 Å². The number of aromatic amines is 1. The van der Waals surface area contributed by atoms with E-state index in [1.165, 1.54) is 6.07 Å². The van der Waals surface area contributed by atoms with E-state index in [0.29, 0.717) is 35.1 Å². The highest BCUT2D eigenvalue weighted by Crippen LogP contribution is 2.50. The molecule has 1 aliphatic carbocycles. The number of para-hydroxylation sites is 1. The van der Waals surface area contributed by atoms with Crippen LogP contribution in [-0.2, 0) is 18.8 Å². The van der Waals surface area contributed by atoms with Crippen LogP contribution in [0.15, 0.2) is 48.7 Å². The molecule has 0 spiro atoms. The van der Waals surface area contributed by atoms with E-state index in [4.69, 9.17) is 26.1 Å². The number of likely N-dealkylation sites (tertiary alicyclic amines) is 1. The number of hydrogen-bond donors (Lipinski definition) is 1. The van der Waals surface area contributed by atoms with Gasteiger partial charge in [0.2, 0.25) is 0 Å². The molecule has 8 nitrogen and oxygen atoms in total. The predicted octanol–water partition coefficient (Wildman–Crippen LogP) is 7.47. The second-order valence-corrected chi connectivity index (χ2v) is 12.7. The largest absolute Gasteiger partial charge is 0.444 e. The molecule has 1 atom stereocenters. The molecule has 4 heterocycles. The number of nitriles is 1. The van der Waals surface area contributed by atoms with E-state index in [1.807, 2.05) is 24.3 Å². The molecule has 0 unspecified atom stereocenters. The molecule has 0 radical (unpaired) electrons. The van der Waals surface area contributed by atoms with Crippen LogP contribution < -0.4 is 9.47 Å². The first kappa shape index (κ1) is 29.6. The normalized spacial score (nSPS) is 20.8. The van der Waals surface area contributed by atoms with E-state index in [0.717, 1.165) is 55.6 Å². The molecular weight excluding hydrogens is 605 g/mol. The molecule has 0 bridgehead atoms. The molecule has 2 aromatic heterocycles. The fourth-order valence-electron chi connectivity index (χ4n) is 6.36. The summed E-state index contributed by atoms with van der Waals surface area (Å²) in [7, 11) is 0. The molecule has 12 heteroatoms. The summed E-state index contributed by atoms with van der Waals surface area (Å²) >= 11 is 5.97. The fraction of sp³-hybridized carbons (Fsp3) is 0.394. The van der Waals surface area contributed by atoms with Crippen LogP contribution in [0.25, 0.3) is 11.4 Å². The Kier molecular flexibility index (Phi) is 7.45. The number of benzene rings is 2. The minimum atomic E-state index is -2.75. The van der Waals surface area contributed by atoms with Gasteiger partial charge in [0.05, 0.1) is 22.7 Å². The minimum Gasteiger partial charge on any atom is -0.444 e. The number of halogens is 4. The van der Waals surface area contributed by atoms with Gasteiger partial charge in [0.1, 0.15) is 5.82 Å². The summed E-state index contributed by atoms with van der Waals surface area (Å²) in [6.07, 6.45) is 2.82. The Bertz CT molecular complexity index is 1800. The number of pyridine rings is 1. The van der Waals surface area contributed by atoms with E-state index >= 15 is 0 Å². The maximum Gasteiger partial charge on any atom is 0.297 e. The molecule has 4 aromatic rings. The molecule has 45 heavy (non-hydrogen) atoms. The van der Waals surface area contributed by atoms with Gasteiger partial charge in [-0.1, -0.05) is 23.7 Å². The molecule has 2 aromatic carbocycles. The SMILES string of the molecule is C[C@]1(c2ccc(Cl)cc2F)Oc2cccc(C3CCN(Cc4ncc(-c5nnc(C(F)F)[nH]5)cc4CC4(C#N)CC4)CC3)c2O1. The third kappa shape index (κ3) is 5.73. The van der Waals surface area contributed by atoms with Gasteiger partial charge in [-0.3, -0.25) is 9.88 Å². The number of hydrogen-bond acceptors (Lipinski definition) is 7. The summed E-state index contributed by atoms with van der Waals surface area (Å²) in [6, 6.07) is 14.6. The van der Waals surface area contributed by atoms with Crippen molar-refractivity contribution >= 4 is 11.6 Å². The van der Waals surface area contributed by atoms with Gasteiger partial charge in [0, 0.05) is 35.8 Å². The van der Waals surface area contributed by atoms with E-state index in [9.17, 15) is 18.4 Å². The summed E-state index contributed by atoms with van der Waals surface area (Å²) in [6.45, 7) is 3.93. The van der Waals surface area contributed by atoms with Gasteiger partial charge in [0.15, 0.2) is 23.1 Å². The Labute approximate surface area is 263 Å². The molecule has 1 saturated heterocycles. The van der Waals surface area contributed by atoms with Crippen molar-refractivity contribution < 1.29 is 22.6 Å². The van der Waals surface area contributed by atoms with Gasteiger partial charge in [-0.05, 0) is 87.0 Å². The molecule has 7 rings (SSSR count). The Hall–Kier alpha value is -4.14. The number of rotatable bonds is 8. The Morgan fingerprint density at radius 1 is 1.13 bits per heavy atom. The average molecular weight is 635 g/mol. The first-order valence-corrected chi connectivity index (χ1v) is 15.3. The molecule has 3 aliphatic rings. The fourth-order valence-corrected chi connectivity index (χ4v) is 6.52. The zero-order valence-electron chi connectivity index (χ0n) is 24.5. The van der Waals surface area contributed by atoms with Crippen LogP contribution in [0.5, 0.6) is 11.5 Å². The maximum absolute atomic E-state index is 14.8. The van der Waals surface area contributed by atoms with Crippen LogP contribution in [0.4, 0.5) is 13.2 Å². The molecule has 0 amide bonds. The first-order chi connectivity index (χ1) is 21.6. The van der Waals surface area contributed by atoms with Crippen LogP contribution in [0, 0.1) is 22.6 Å². The van der Waals surface area contributed by atoms with Crippen molar-refractivity contribution in [2.24, 2.45) is 5.41 Å². The van der Waals surface area contributed by atoms with Gasteiger partial charge >= 0.3 is 0 Å². The predicted molar refractivity (Wildman–Crippen MR) is 159 cm³/mol. The van der Waals surface area contributed by atoms with Crippen LogP contribution in [0.2, 0.25) is 5.02 Å². The Balaban J connectivity index is 1.06. The van der Waals surface area contributed by atoms with Crippen molar-refractivity contribution in [2.75, 3.05) is 13.1 Å². The number of nitrogens with one attached hydrogen (secondary N) is 1. The second-order valence-electron chi connectivity index (χ2n) is 12.3. The molecule has 2 aliphatic heterocycles. The average Bonchev–Trinajstić information content (AvgIpc) is 3.44. The lowest BCUT2D eigenvalue weighted by Crippen LogP contribution is -2.34. The Morgan fingerprint density at radius 2 is 1.93 bits per heavy atom. The van der Waals surface area contributed by atoms with Crippen molar-refractivity contribution in [3.8, 4) is 29.0 Å². The lowest BCUT2D eigenvalue weighted by atomic mass is 9.88. The van der Waals surface area contributed by atoms with Gasteiger partial charge in [-0.25, -0.2) is 13.2 Å². The number of aromatic nitrogens is 4. The van der Waals surface area contributed by atoms with E-state index in [2.05, 4.69) is 26.2 Å². The quantitative estimate of drug-likeness (QED) is 0.215. The summed E-state index contributed by atoms with van der Waals surface area (Å²) in [5.41, 5.74) is 3.26. The molecule has 232 valence electrons. The van der Waals surface area contributed by atoms with Gasteiger partial charge in [-0.2, -0.15) is 5.26 Å². The number of nitrogens with zero attached hydrogens (tertiary/aromatic N) is 5. The summed E-state index contributed by atoms with van der Waals surface area (Å²) in [5, 5.41) is 17.5. The number of ether oxygens (including phenoxy) is 2. The molecular formula is C33H30ClF3N6O2. The van der Waals surface area contributed by atoms with Crippen LogP contribution in [0.3, 0.4) is 0 Å².